The van der Waals surface area contributed by atoms with E-state index in [1.165, 1.54) is 20.2 Å². The normalized spacial score (nSPS) is 12.1. The number of anilines is 2. The predicted molar refractivity (Wildman–Crippen MR) is 83.4 cm³/mol. The number of rotatable bonds is 7. The molecule has 0 saturated heterocycles. The number of hydrogen-bond donors (Lipinski definition) is 2. The maximum atomic E-state index is 12.1. The third-order valence-electron chi connectivity index (χ3n) is 3.17. The van der Waals surface area contributed by atoms with Gasteiger partial charge in [-0.3, -0.25) is 0 Å². The van der Waals surface area contributed by atoms with Crippen LogP contribution in [0.15, 0.2) is 23.1 Å². The van der Waals surface area contributed by atoms with Gasteiger partial charge in [-0.15, -0.1) is 0 Å². The Hall–Kier alpha value is -1.31. The summed E-state index contributed by atoms with van der Waals surface area (Å²) in [5, 5.41) is 3.18. The van der Waals surface area contributed by atoms with Crippen LogP contribution in [0.4, 0.5) is 11.4 Å². The first-order valence-electron chi connectivity index (χ1n) is 6.54. The van der Waals surface area contributed by atoms with Gasteiger partial charge in [0.15, 0.2) is 0 Å². The zero-order valence-electron chi connectivity index (χ0n) is 12.5. The molecule has 0 aromatic heterocycles. The Kier molecular flexibility index (Phi) is 5.79. The lowest BCUT2D eigenvalue weighted by molar-refractivity contribution is 0.367. The van der Waals surface area contributed by atoms with Crippen LogP contribution in [-0.2, 0) is 10.0 Å². The molecule has 0 spiro atoms. The van der Waals surface area contributed by atoms with Crippen LogP contribution in [-0.4, -0.2) is 58.4 Å². The first kappa shape index (κ1) is 16.7. The summed E-state index contributed by atoms with van der Waals surface area (Å²) >= 11 is 0. The molecule has 1 aromatic carbocycles. The maximum Gasteiger partial charge on any atom is 0.244 e. The van der Waals surface area contributed by atoms with E-state index in [0.29, 0.717) is 12.2 Å². The summed E-state index contributed by atoms with van der Waals surface area (Å²) in [6.07, 6.45) is 0. The van der Waals surface area contributed by atoms with Crippen molar-refractivity contribution in [2.45, 2.75) is 11.8 Å². The predicted octanol–water partition coefficient (Wildman–Crippen LogP) is 0.883. The molecule has 0 fully saturated rings. The van der Waals surface area contributed by atoms with Gasteiger partial charge in [-0.25, -0.2) is 12.7 Å². The van der Waals surface area contributed by atoms with E-state index in [-0.39, 0.29) is 10.6 Å². The molecule has 0 aliphatic heterocycles. The van der Waals surface area contributed by atoms with Crippen molar-refractivity contribution in [3.8, 4) is 0 Å². The Bertz CT molecular complexity index is 543. The second-order valence-electron chi connectivity index (χ2n) is 4.83. The molecule has 7 heteroatoms. The number of nitrogens with zero attached hydrogens (tertiary/aromatic N) is 2. The molecule has 1 rings (SSSR count). The van der Waals surface area contributed by atoms with Crippen molar-refractivity contribution < 1.29 is 8.42 Å². The number of nitrogens with one attached hydrogen (secondary N) is 1. The Labute approximate surface area is 121 Å². The van der Waals surface area contributed by atoms with Gasteiger partial charge >= 0.3 is 0 Å². The van der Waals surface area contributed by atoms with Gasteiger partial charge in [0.05, 0.1) is 11.4 Å². The van der Waals surface area contributed by atoms with Gasteiger partial charge in [-0.05, 0) is 25.7 Å². The fourth-order valence-electron chi connectivity index (χ4n) is 1.66. The Morgan fingerprint density at radius 2 is 1.90 bits per heavy atom. The average molecular weight is 300 g/mol. The van der Waals surface area contributed by atoms with E-state index in [4.69, 9.17) is 5.73 Å². The van der Waals surface area contributed by atoms with Crippen LogP contribution in [0, 0.1) is 0 Å². The van der Waals surface area contributed by atoms with Gasteiger partial charge in [0, 0.05) is 27.2 Å². The van der Waals surface area contributed by atoms with Crippen LogP contribution in [0.3, 0.4) is 0 Å². The summed E-state index contributed by atoms with van der Waals surface area (Å²) in [7, 11) is 1.49. The van der Waals surface area contributed by atoms with E-state index in [1.807, 2.05) is 7.05 Å². The fraction of sp³-hybridized carbons (Fsp3) is 0.538. The van der Waals surface area contributed by atoms with E-state index < -0.39 is 10.0 Å². The summed E-state index contributed by atoms with van der Waals surface area (Å²) < 4.78 is 25.4. The smallest absolute Gasteiger partial charge is 0.244 e. The Morgan fingerprint density at radius 3 is 2.45 bits per heavy atom. The molecule has 3 N–H and O–H groups in total. The maximum absolute atomic E-state index is 12.1. The molecule has 0 radical (unpaired) electrons. The molecular formula is C13H24N4O2S. The highest BCUT2D eigenvalue weighted by Crippen LogP contribution is 2.27. The van der Waals surface area contributed by atoms with Crippen molar-refractivity contribution in [2.24, 2.45) is 0 Å². The molecule has 0 atom stereocenters. The van der Waals surface area contributed by atoms with Gasteiger partial charge in [0.1, 0.15) is 4.90 Å². The van der Waals surface area contributed by atoms with E-state index >= 15 is 0 Å². The molecule has 114 valence electrons. The van der Waals surface area contributed by atoms with Crippen LogP contribution in [0.2, 0.25) is 0 Å². The summed E-state index contributed by atoms with van der Waals surface area (Å²) in [5.41, 5.74) is 6.89. The van der Waals surface area contributed by atoms with Crippen molar-refractivity contribution in [1.29, 1.82) is 0 Å². The number of nitrogens with two attached hydrogens (primary N) is 1. The average Bonchev–Trinajstić information content (AvgIpc) is 2.40. The summed E-state index contributed by atoms with van der Waals surface area (Å²) in [6.45, 7) is 4.62. The lowest BCUT2D eigenvalue weighted by Gasteiger charge is -2.18. The first-order chi connectivity index (χ1) is 9.30. The van der Waals surface area contributed by atoms with Crippen LogP contribution >= 0.6 is 0 Å². The number of sulfonamides is 1. The van der Waals surface area contributed by atoms with Crippen molar-refractivity contribution in [2.75, 3.05) is 51.8 Å². The Morgan fingerprint density at radius 1 is 1.25 bits per heavy atom. The molecule has 0 aliphatic rings. The standard InChI is InChI=1S/C13H24N4O2S/c1-5-17(4)10-9-15-11-7-6-8-12(13(11)14)20(18,19)16(2)3/h6-8,15H,5,9-10,14H2,1-4H3. The van der Waals surface area contributed by atoms with E-state index in [1.54, 1.807) is 12.1 Å². The lowest BCUT2D eigenvalue weighted by Crippen LogP contribution is -2.26. The molecule has 0 bridgehead atoms. The highest BCUT2D eigenvalue weighted by Gasteiger charge is 2.21. The van der Waals surface area contributed by atoms with Crippen LogP contribution in [0.1, 0.15) is 6.92 Å². The topological polar surface area (TPSA) is 78.7 Å². The zero-order chi connectivity index (χ0) is 15.3. The van der Waals surface area contributed by atoms with Gasteiger partial charge in [-0.2, -0.15) is 0 Å². The summed E-state index contributed by atoms with van der Waals surface area (Å²) in [5.74, 6) is 0. The van der Waals surface area contributed by atoms with Gasteiger partial charge in [0.25, 0.3) is 0 Å². The van der Waals surface area contributed by atoms with Crippen molar-refractivity contribution >= 4 is 21.4 Å². The number of para-hydroxylation sites is 1. The third kappa shape index (κ3) is 3.84. The highest BCUT2D eigenvalue weighted by atomic mass is 32.2. The Balaban J connectivity index is 2.91. The van der Waals surface area contributed by atoms with Crippen molar-refractivity contribution in [1.82, 2.24) is 9.21 Å². The molecule has 1 aromatic rings. The third-order valence-corrected chi connectivity index (χ3v) is 5.05. The highest BCUT2D eigenvalue weighted by molar-refractivity contribution is 7.89. The lowest BCUT2D eigenvalue weighted by atomic mass is 10.2. The number of nitrogen functional groups attached to an aromatic ring is 1. The van der Waals surface area contributed by atoms with Crippen LogP contribution in [0.5, 0.6) is 0 Å². The molecular weight excluding hydrogens is 276 g/mol. The number of benzene rings is 1. The summed E-state index contributed by atoms with van der Waals surface area (Å²) in [4.78, 5) is 2.29. The van der Waals surface area contributed by atoms with E-state index in [9.17, 15) is 8.42 Å². The zero-order valence-corrected chi connectivity index (χ0v) is 13.4. The number of hydrogen-bond acceptors (Lipinski definition) is 5. The van der Waals surface area contributed by atoms with Gasteiger partial charge < -0.3 is 16.0 Å². The molecule has 20 heavy (non-hydrogen) atoms. The minimum absolute atomic E-state index is 0.136. The minimum atomic E-state index is -3.52. The molecule has 0 heterocycles. The quantitative estimate of drug-likeness (QED) is 0.731. The fourth-order valence-corrected chi connectivity index (χ4v) is 2.69. The van der Waals surface area contributed by atoms with Crippen molar-refractivity contribution in [3.63, 3.8) is 0 Å². The van der Waals surface area contributed by atoms with E-state index in [2.05, 4.69) is 17.1 Å². The summed E-state index contributed by atoms with van der Waals surface area (Å²) in [6, 6.07) is 5.00. The van der Waals surface area contributed by atoms with Crippen LogP contribution in [0.25, 0.3) is 0 Å². The second kappa shape index (κ2) is 6.92. The van der Waals surface area contributed by atoms with Crippen molar-refractivity contribution in [3.05, 3.63) is 18.2 Å². The van der Waals surface area contributed by atoms with Gasteiger partial charge in [-0.1, -0.05) is 13.0 Å². The monoisotopic (exact) mass is 300 g/mol. The largest absolute Gasteiger partial charge is 0.396 e. The molecule has 0 aliphatic carbocycles. The molecule has 0 amide bonds. The van der Waals surface area contributed by atoms with E-state index in [0.717, 1.165) is 17.4 Å². The molecule has 0 saturated carbocycles. The SMILES string of the molecule is CCN(C)CCNc1cccc(S(=O)(=O)N(C)C)c1N. The second-order valence-corrected chi connectivity index (χ2v) is 6.95. The van der Waals surface area contributed by atoms with Gasteiger partial charge in [0.2, 0.25) is 10.0 Å². The first-order valence-corrected chi connectivity index (χ1v) is 7.98. The van der Waals surface area contributed by atoms with Crippen LogP contribution < -0.4 is 11.1 Å². The molecule has 0 unspecified atom stereocenters. The number of likely N-dealkylation sites (N-methyl/N-ethyl adjacent to an activating group) is 1. The molecule has 6 nitrogen and oxygen atoms in total. The minimum Gasteiger partial charge on any atom is -0.396 e.